The van der Waals surface area contributed by atoms with Crippen LogP contribution in [-0.2, 0) is 124 Å². The number of fused-ring (bicyclic) bond motifs is 6. The number of esters is 7. The van der Waals surface area contributed by atoms with Gasteiger partial charge in [0, 0.05) is 131 Å². The van der Waals surface area contributed by atoms with Gasteiger partial charge in [-0.05, 0) is 175 Å². The van der Waals surface area contributed by atoms with Crippen LogP contribution in [0.1, 0.15) is 158 Å². The molecule has 6 aromatic carbocycles. The van der Waals surface area contributed by atoms with Gasteiger partial charge < -0.3 is 53.8 Å². The van der Waals surface area contributed by atoms with E-state index in [4.69, 9.17) is 37.9 Å². The summed E-state index contributed by atoms with van der Waals surface area (Å²) in [6, 6.07) is 43.0. The average Bonchev–Trinajstić information content (AvgIpc) is 1.64. The van der Waals surface area contributed by atoms with Crippen molar-refractivity contribution in [3.8, 4) is 11.5 Å². The van der Waals surface area contributed by atoms with Crippen molar-refractivity contribution in [2.75, 3.05) is 75.3 Å². The molecular formula is C99H108N6O22. The molecule has 0 fully saturated rings. The maximum Gasteiger partial charge on any atom is 0.333 e. The van der Waals surface area contributed by atoms with Crippen LogP contribution in [-0.4, -0.2) is 157 Å². The van der Waals surface area contributed by atoms with E-state index >= 15 is 0 Å². The highest BCUT2D eigenvalue weighted by Gasteiger charge is 2.35. The monoisotopic (exact) mass is 1730 g/mol. The molecule has 4 aliphatic heterocycles. The Kier molecular flexibility index (Phi) is 40.0. The van der Waals surface area contributed by atoms with Gasteiger partial charge in [0.25, 0.3) is 11.8 Å². The third kappa shape index (κ3) is 33.6. The fraction of sp³-hybridized carbons (Fsp3) is 0.313. The summed E-state index contributed by atoms with van der Waals surface area (Å²) in [6.45, 7) is 35.2. The summed E-state index contributed by atoms with van der Waals surface area (Å²) in [6.07, 6.45) is 7.83. The van der Waals surface area contributed by atoms with E-state index in [9.17, 15) is 67.1 Å². The average molecular weight is 1730 g/mol. The van der Waals surface area contributed by atoms with Gasteiger partial charge in [-0.2, -0.15) is 0 Å². The van der Waals surface area contributed by atoms with Gasteiger partial charge in [0.1, 0.15) is 41.0 Å². The minimum absolute atomic E-state index is 0.0159. The summed E-state index contributed by atoms with van der Waals surface area (Å²) in [4.78, 5) is 171. The fourth-order valence-corrected chi connectivity index (χ4v) is 12.5. The molecule has 0 aliphatic carbocycles. The lowest BCUT2D eigenvalue weighted by Crippen LogP contribution is -2.33. The maximum absolute atomic E-state index is 12.1. The first-order chi connectivity index (χ1) is 60.7. The van der Waals surface area contributed by atoms with Crippen molar-refractivity contribution in [3.63, 3.8) is 0 Å². The first kappa shape index (κ1) is 99.7. The summed E-state index contributed by atoms with van der Waals surface area (Å²) in [5.41, 5.74) is 14.8. The molecule has 0 spiro atoms. The van der Waals surface area contributed by atoms with E-state index in [1.807, 2.05) is 105 Å². The van der Waals surface area contributed by atoms with Crippen LogP contribution in [0.4, 0.5) is 17.1 Å². The van der Waals surface area contributed by atoms with E-state index in [2.05, 4.69) is 71.5 Å². The number of benzene rings is 6. The fourth-order valence-electron chi connectivity index (χ4n) is 12.5. The van der Waals surface area contributed by atoms with E-state index in [1.54, 1.807) is 70.2 Å². The molecule has 0 bridgehead atoms. The van der Waals surface area contributed by atoms with Crippen molar-refractivity contribution in [2.45, 2.75) is 145 Å². The summed E-state index contributed by atoms with van der Waals surface area (Å²) in [7, 11) is 0. The zero-order valence-electron chi connectivity index (χ0n) is 72.9. The van der Waals surface area contributed by atoms with Gasteiger partial charge in [0.2, 0.25) is 11.8 Å². The molecule has 28 nitrogen and oxygen atoms in total. The van der Waals surface area contributed by atoms with Crippen LogP contribution in [0.15, 0.2) is 213 Å². The quantitative estimate of drug-likeness (QED) is 0.00813. The van der Waals surface area contributed by atoms with Crippen LogP contribution >= 0.6 is 0 Å². The van der Waals surface area contributed by atoms with Crippen LogP contribution in [0.5, 0.6) is 11.5 Å². The van der Waals surface area contributed by atoms with Gasteiger partial charge in [-0.25, -0.2) is 33.8 Å². The van der Waals surface area contributed by atoms with Gasteiger partial charge in [0.15, 0.2) is 0 Å². The van der Waals surface area contributed by atoms with Gasteiger partial charge in [0.05, 0.1) is 75.7 Å². The summed E-state index contributed by atoms with van der Waals surface area (Å²) in [5, 5.41) is 10.8. The van der Waals surface area contributed by atoms with Crippen molar-refractivity contribution in [1.29, 1.82) is 0 Å². The Labute approximate surface area is 738 Å². The highest BCUT2D eigenvalue weighted by Crippen LogP contribution is 2.30. The van der Waals surface area contributed by atoms with Crippen LogP contribution < -0.4 is 25.4 Å². The summed E-state index contributed by atoms with van der Waals surface area (Å²) >= 11 is 0. The lowest BCUT2D eigenvalue weighted by atomic mass is 10.0. The van der Waals surface area contributed by atoms with Crippen LogP contribution in [0.2, 0.25) is 0 Å². The first-order valence-corrected chi connectivity index (χ1v) is 41.3. The molecule has 2 aromatic heterocycles. The number of hydrogen-bond donors (Lipinski definition) is 3. The van der Waals surface area contributed by atoms with E-state index in [0.29, 0.717) is 129 Å². The number of rotatable bonds is 37. The first-order valence-electron chi connectivity index (χ1n) is 41.3. The molecule has 12 rings (SSSR count). The third-order valence-corrected chi connectivity index (χ3v) is 18.9. The molecule has 6 heterocycles. The Hall–Kier alpha value is -14.4. The summed E-state index contributed by atoms with van der Waals surface area (Å²) < 4.78 is 40.5. The number of imide groups is 1. The molecule has 0 atom stereocenters. The normalized spacial score (nSPS) is 11.9. The second-order valence-corrected chi connectivity index (χ2v) is 30.1. The van der Waals surface area contributed by atoms with Crippen LogP contribution in [0.25, 0.3) is 21.8 Å². The number of ether oxygens (including phenoxy) is 8. The Balaban J connectivity index is 0.000000209. The molecule has 0 saturated carbocycles. The Morgan fingerprint density at radius 2 is 0.866 bits per heavy atom. The number of nitrogens with one attached hydrogen (secondary N) is 3. The predicted octanol–water partition coefficient (Wildman–Crippen LogP) is 14.8. The predicted molar refractivity (Wildman–Crippen MR) is 480 cm³/mol. The van der Waals surface area contributed by atoms with Gasteiger partial charge in [-0.1, -0.05) is 118 Å². The molecular weight excluding hydrogens is 1630 g/mol. The van der Waals surface area contributed by atoms with Crippen molar-refractivity contribution in [2.24, 2.45) is 0 Å². The number of anilines is 3. The minimum Gasteiger partial charge on any atom is -0.491 e. The van der Waals surface area contributed by atoms with E-state index in [-0.39, 0.29) is 105 Å². The Morgan fingerprint density at radius 1 is 0.433 bits per heavy atom. The van der Waals surface area contributed by atoms with Crippen molar-refractivity contribution in [1.82, 2.24) is 14.9 Å². The number of aromatic nitrogens is 2. The molecule has 28 heteroatoms. The Morgan fingerprint density at radius 3 is 1.38 bits per heavy atom. The second-order valence-electron chi connectivity index (χ2n) is 30.1. The zero-order valence-corrected chi connectivity index (χ0v) is 72.9. The molecule has 0 radical (unpaired) electrons. The molecule has 0 saturated heterocycles. The highest BCUT2D eigenvalue weighted by atomic mass is 16.6. The molecule has 127 heavy (non-hydrogen) atoms. The topological polar surface area (TPSA) is 378 Å². The minimum atomic E-state index is -0.531. The lowest BCUT2D eigenvalue weighted by molar-refractivity contribution is -0.141. The number of para-hydroxylation sites is 2. The van der Waals surface area contributed by atoms with E-state index in [0.717, 1.165) is 102 Å². The maximum atomic E-state index is 12.1. The second kappa shape index (κ2) is 51.0. The molecule has 3 N–H and O–H groups in total. The summed E-state index contributed by atoms with van der Waals surface area (Å²) in [5.74, 6) is -2.32. The number of carbonyl (C=O) groups is 14. The number of hydrogen-bond acceptors (Lipinski definition) is 25. The van der Waals surface area contributed by atoms with Gasteiger partial charge in [-0.3, -0.25) is 48.2 Å². The molecule has 0 unspecified atom stereocenters. The number of Topliss-reactive ketones (excluding diaryl/α,β-unsaturated/α-hetero) is 3. The molecule has 4 amide bonds. The SMILES string of the molecule is C=C(C)C(=O)OCCCC(=O)Cc1ccc2c(c1)CC(=O)N2.C=C(C)C(=O)OCCCC(=O)Cc1cccc2ccc(C)nc12.C=C(C)C(=O)OCCCC(=O)Oc1ccc2c(c1)CC(=O)N2.C=C(C)C(=O)OCCCOc1cccc2ccc(C)nc12.C=C(C)C(=O)OCCN1C(=O)c2ccccc2C1=O.C=CC(=O)OCCCC(=O)Cc1ccc2c(c1)CCN2. The lowest BCUT2D eigenvalue weighted by Gasteiger charge is -2.13. The Bertz CT molecular complexity index is 5360. The number of nitrogens with zero attached hydrogens (tertiary/aromatic N) is 3. The van der Waals surface area contributed by atoms with Crippen molar-refractivity contribution >= 4 is 122 Å². The number of pyridine rings is 2. The van der Waals surface area contributed by atoms with E-state index in [1.165, 1.54) is 18.2 Å². The van der Waals surface area contributed by atoms with Gasteiger partial charge >= 0.3 is 41.8 Å². The largest absolute Gasteiger partial charge is 0.491 e. The number of amides is 4. The van der Waals surface area contributed by atoms with Crippen LogP contribution in [0, 0.1) is 13.8 Å². The number of ketones is 3. The molecule has 666 valence electrons. The van der Waals surface area contributed by atoms with Gasteiger partial charge in [-0.15, -0.1) is 0 Å². The molecule has 4 aliphatic rings. The molecule has 8 aromatic rings. The highest BCUT2D eigenvalue weighted by molar-refractivity contribution is 6.21. The zero-order chi connectivity index (χ0) is 92.7. The smallest absolute Gasteiger partial charge is 0.333 e. The number of aryl methyl sites for hydroxylation is 2. The standard InChI is InChI=1S/C19H21NO3.C17H19NO4.C17H19NO3.C16H17NO5.C16H19NO3.C14H13NO4/c1-13(2)19(22)23-11-5-8-17(21)12-16-7-4-6-15-10-9-14(3)20-18(15)16;1-11(2)17(21)22-7-3-4-14(19)9-12-5-6-15-13(8-12)10-16(20)18-15;1-12(2)17(19)21-11-5-10-20-15-7-4-6-14-9-8-13(3)18-16(14)15;1-10(2)16(20)21-7-3-4-15(19)22-12-5-6-13-11(8-12)9-14(18)17-13;1-2-16(19)20-9-3-4-14(18)11-12-5-6-15-13(10-12)7-8-17-15;1-9(2)14(18)19-8-7-15-12(16)10-5-3-4-6-11(10)13(15)17/h4,6-7,9-10H,1,5,8,11-12H2,2-3H3;5-6,8H,1,3-4,7,9-10H2,2H3,(H,18,20);4,6-9H,1,5,10-11H2,2-3H3;5-6,8H,1,3-4,7,9H2,2H3,(H,17,18);2,5-6,10,17H,1,3-4,7-9,11H2;3-6H,1,7-8H2,2H3. The van der Waals surface area contributed by atoms with E-state index < -0.39 is 35.8 Å². The third-order valence-electron chi connectivity index (χ3n) is 18.9. The van der Waals surface area contributed by atoms with Crippen molar-refractivity contribution < 1.29 is 105 Å². The number of carbonyl (C=O) groups excluding carboxylic acids is 14. The van der Waals surface area contributed by atoms with Crippen molar-refractivity contribution in [3.05, 3.63) is 269 Å². The van der Waals surface area contributed by atoms with Crippen LogP contribution in [0.3, 0.4) is 0 Å².